The van der Waals surface area contributed by atoms with E-state index in [9.17, 15) is 0 Å². The quantitative estimate of drug-likeness (QED) is 0.745. The van der Waals surface area contributed by atoms with E-state index in [1.807, 2.05) is 12.3 Å². The molecule has 0 saturated carbocycles. The summed E-state index contributed by atoms with van der Waals surface area (Å²) in [6, 6.07) is 5.21. The lowest BCUT2D eigenvalue weighted by Gasteiger charge is -2.29. The molecule has 2 heterocycles. The molecule has 2 rings (SSSR count). The lowest BCUT2D eigenvalue weighted by Crippen LogP contribution is -2.37. The molecule has 20 heavy (non-hydrogen) atoms. The molecule has 0 atom stereocenters. The summed E-state index contributed by atoms with van der Waals surface area (Å²) >= 11 is 0. The predicted octanol–water partition coefficient (Wildman–Crippen LogP) is 0.760. The van der Waals surface area contributed by atoms with Gasteiger partial charge in [-0.2, -0.15) is 0 Å². The number of hydrogen-bond donors (Lipinski definition) is 1. The molecule has 1 aliphatic rings. The summed E-state index contributed by atoms with van der Waals surface area (Å²) in [5.41, 5.74) is 1.15. The summed E-state index contributed by atoms with van der Waals surface area (Å²) in [4.78, 5) is 9.01. The van der Waals surface area contributed by atoms with E-state index < -0.39 is 0 Å². The first-order valence-corrected chi connectivity index (χ1v) is 7.31. The lowest BCUT2D eigenvalue weighted by molar-refractivity contribution is 0.122. The molecule has 1 N–H and O–H groups in total. The van der Waals surface area contributed by atoms with Crippen molar-refractivity contribution in [2.45, 2.75) is 13.0 Å². The molecular weight excluding hydrogens is 252 g/mol. The van der Waals surface area contributed by atoms with Gasteiger partial charge in [-0.3, -0.25) is 0 Å². The first-order valence-electron chi connectivity index (χ1n) is 7.31. The van der Waals surface area contributed by atoms with Crippen LogP contribution in [0.4, 0.5) is 5.82 Å². The summed E-state index contributed by atoms with van der Waals surface area (Å²) < 4.78 is 5.40. The van der Waals surface area contributed by atoms with E-state index in [-0.39, 0.29) is 0 Å². The number of pyridine rings is 1. The molecule has 1 aliphatic heterocycles. The molecule has 1 radical (unpaired) electrons. The van der Waals surface area contributed by atoms with Crippen molar-refractivity contribution >= 4 is 5.82 Å². The molecule has 1 aromatic heterocycles. The van der Waals surface area contributed by atoms with Gasteiger partial charge in [-0.1, -0.05) is 0 Å². The van der Waals surface area contributed by atoms with Gasteiger partial charge in [-0.15, -0.1) is 0 Å². The van der Waals surface area contributed by atoms with Crippen LogP contribution < -0.4 is 10.2 Å². The van der Waals surface area contributed by atoms with Crippen LogP contribution in [0.2, 0.25) is 0 Å². The third kappa shape index (κ3) is 4.74. The number of nitrogens with zero attached hydrogens (tertiary/aromatic N) is 3. The van der Waals surface area contributed by atoms with Crippen LogP contribution in [0.1, 0.15) is 12.0 Å². The molecule has 111 valence electrons. The fourth-order valence-electron chi connectivity index (χ4n) is 2.30. The molecule has 1 saturated heterocycles. The zero-order valence-corrected chi connectivity index (χ0v) is 12.6. The monoisotopic (exact) mass is 277 g/mol. The van der Waals surface area contributed by atoms with E-state index in [2.05, 4.69) is 40.3 Å². The fourth-order valence-corrected chi connectivity index (χ4v) is 2.30. The van der Waals surface area contributed by atoms with Crippen LogP contribution in [0.3, 0.4) is 0 Å². The average Bonchev–Trinajstić information content (AvgIpc) is 2.48. The van der Waals surface area contributed by atoms with Crippen LogP contribution in [0.5, 0.6) is 0 Å². The molecule has 0 aliphatic carbocycles. The van der Waals surface area contributed by atoms with Gasteiger partial charge in [0.25, 0.3) is 0 Å². The molecule has 0 unspecified atom stereocenters. The molecule has 0 spiro atoms. The Hall–Kier alpha value is -1.17. The molecule has 1 fully saturated rings. The number of morpholine rings is 1. The van der Waals surface area contributed by atoms with Crippen molar-refractivity contribution < 1.29 is 4.74 Å². The number of nitrogens with one attached hydrogen (secondary N) is 1. The van der Waals surface area contributed by atoms with Crippen LogP contribution in [0.25, 0.3) is 0 Å². The molecule has 0 bridgehead atoms. The largest absolute Gasteiger partial charge is 0.378 e. The maximum atomic E-state index is 5.40. The fraction of sp³-hybridized carbons (Fsp3) is 0.667. The van der Waals surface area contributed by atoms with Crippen molar-refractivity contribution in [1.29, 1.82) is 0 Å². The van der Waals surface area contributed by atoms with E-state index in [4.69, 9.17) is 4.74 Å². The number of aromatic nitrogens is 1. The highest BCUT2D eigenvalue weighted by Crippen LogP contribution is 2.17. The highest BCUT2D eigenvalue weighted by Gasteiger charge is 2.15. The van der Waals surface area contributed by atoms with Crippen LogP contribution in [-0.2, 0) is 11.3 Å². The van der Waals surface area contributed by atoms with E-state index in [0.29, 0.717) is 0 Å². The third-order valence-electron chi connectivity index (χ3n) is 3.37. The van der Waals surface area contributed by atoms with Gasteiger partial charge < -0.3 is 19.9 Å². The second kappa shape index (κ2) is 8.19. The van der Waals surface area contributed by atoms with Gasteiger partial charge in [0.15, 0.2) is 0 Å². The smallest absolute Gasteiger partial charge is 0.133 e. The topological polar surface area (TPSA) is 40.6 Å². The summed E-state index contributed by atoms with van der Waals surface area (Å²) in [6.45, 7) is 6.35. The van der Waals surface area contributed by atoms with E-state index >= 15 is 0 Å². The summed E-state index contributed by atoms with van der Waals surface area (Å²) in [6.07, 6.45) is 2.97. The van der Waals surface area contributed by atoms with Crippen molar-refractivity contribution in [2.75, 3.05) is 58.4 Å². The van der Waals surface area contributed by atoms with Crippen LogP contribution in [0.15, 0.2) is 12.3 Å². The molecule has 0 amide bonds. The molecule has 5 nitrogen and oxygen atoms in total. The summed E-state index contributed by atoms with van der Waals surface area (Å²) in [5.74, 6) is 1.05. The highest BCUT2D eigenvalue weighted by molar-refractivity contribution is 5.46. The van der Waals surface area contributed by atoms with Gasteiger partial charge in [-0.05, 0) is 45.7 Å². The van der Waals surface area contributed by atoms with Gasteiger partial charge >= 0.3 is 0 Å². The first-order chi connectivity index (χ1) is 9.77. The van der Waals surface area contributed by atoms with Gasteiger partial charge in [0, 0.05) is 31.4 Å². The second-order valence-electron chi connectivity index (χ2n) is 5.32. The van der Waals surface area contributed by atoms with Crippen molar-refractivity contribution in [3.05, 3.63) is 23.9 Å². The minimum Gasteiger partial charge on any atom is -0.378 e. The van der Waals surface area contributed by atoms with Crippen molar-refractivity contribution in [3.8, 4) is 0 Å². The minimum atomic E-state index is 0.784. The Kier molecular flexibility index (Phi) is 6.24. The zero-order chi connectivity index (χ0) is 14.2. The van der Waals surface area contributed by atoms with E-state index in [1.165, 1.54) is 0 Å². The Morgan fingerprint density at radius 1 is 1.40 bits per heavy atom. The average molecular weight is 277 g/mol. The number of rotatable bonds is 7. The SMILES string of the molecule is CN(C)CCCNCc1[c]ccnc1N1CCOCC1. The molecule has 5 heteroatoms. The van der Waals surface area contributed by atoms with Crippen LogP contribution in [0, 0.1) is 6.07 Å². The Bertz CT molecular complexity index is 391. The van der Waals surface area contributed by atoms with Gasteiger partial charge in [0.2, 0.25) is 0 Å². The Morgan fingerprint density at radius 3 is 2.95 bits per heavy atom. The lowest BCUT2D eigenvalue weighted by atomic mass is 10.2. The van der Waals surface area contributed by atoms with Gasteiger partial charge in [0.1, 0.15) is 5.82 Å². The Morgan fingerprint density at radius 2 is 2.20 bits per heavy atom. The van der Waals surface area contributed by atoms with Crippen molar-refractivity contribution in [2.24, 2.45) is 0 Å². The maximum absolute atomic E-state index is 5.40. The normalized spacial score (nSPS) is 15.8. The molecule has 0 aromatic carbocycles. The van der Waals surface area contributed by atoms with E-state index in [0.717, 1.165) is 63.7 Å². The Balaban J connectivity index is 1.84. The van der Waals surface area contributed by atoms with Gasteiger partial charge in [0.05, 0.1) is 13.2 Å². The van der Waals surface area contributed by atoms with E-state index in [1.54, 1.807) is 0 Å². The molecule has 1 aromatic rings. The standard InChI is InChI=1S/C15H25N4O/c1-18(2)8-4-6-16-13-14-5-3-7-17-15(14)19-9-11-20-12-10-19/h3,7,16H,4,6,8-13H2,1-2H3. The maximum Gasteiger partial charge on any atom is 0.133 e. The summed E-state index contributed by atoms with van der Waals surface area (Å²) in [5, 5.41) is 3.48. The number of ether oxygens (including phenoxy) is 1. The third-order valence-corrected chi connectivity index (χ3v) is 3.37. The second-order valence-corrected chi connectivity index (χ2v) is 5.32. The first kappa shape index (κ1) is 15.2. The van der Waals surface area contributed by atoms with Crippen molar-refractivity contribution in [3.63, 3.8) is 0 Å². The Labute approximate surface area is 121 Å². The predicted molar refractivity (Wildman–Crippen MR) is 81.0 cm³/mol. The van der Waals surface area contributed by atoms with Crippen LogP contribution >= 0.6 is 0 Å². The number of anilines is 1. The highest BCUT2D eigenvalue weighted by atomic mass is 16.5. The van der Waals surface area contributed by atoms with Crippen molar-refractivity contribution in [1.82, 2.24) is 15.2 Å². The summed E-state index contributed by atoms with van der Waals surface area (Å²) in [7, 11) is 4.21. The van der Waals surface area contributed by atoms with Gasteiger partial charge in [-0.25, -0.2) is 4.98 Å². The minimum absolute atomic E-state index is 0.784. The number of hydrogen-bond acceptors (Lipinski definition) is 5. The van der Waals surface area contributed by atoms with Crippen LogP contribution in [-0.4, -0.2) is 63.4 Å². The zero-order valence-electron chi connectivity index (χ0n) is 12.6. The molecular formula is C15H25N4O.